The lowest BCUT2D eigenvalue weighted by Gasteiger charge is -2.21. The zero-order chi connectivity index (χ0) is 53.4. The molecule has 0 spiro atoms. The SMILES string of the molecule is C=CCOP(=O)(OCCNC(=O)NCCOP(=O)(OCC=C)OCC(N)COCCC(CC)OC(=O)CCCCCCCCCCC)OCC(N)COCCC(CC)OC(=O)CCCCCCCCCCC. The molecule has 0 aromatic heterocycles. The highest BCUT2D eigenvalue weighted by atomic mass is 31.2. The van der Waals surface area contributed by atoms with Gasteiger partial charge in [-0.25, -0.2) is 13.9 Å². The minimum Gasteiger partial charge on any atom is -0.462 e. The Kier molecular flexibility index (Phi) is 46.9. The van der Waals surface area contributed by atoms with Crippen molar-refractivity contribution < 1.29 is 69.6 Å². The maximum Gasteiger partial charge on any atom is 0.475 e. The van der Waals surface area contributed by atoms with Crippen LogP contribution in [-0.4, -0.2) is 121 Å². The topological polar surface area (TPSA) is 254 Å². The standard InChI is InChI=1S/C51H100N4O15P2/c1-7-13-15-17-19-21-23-25-27-29-49(56)69-47(11-5)31-37-61-41-45(52)43-67-71(59,63-35-9-3)65-39-33-54-51(58)55-34-40-66-72(60,64-36-10-4)68-44-46(53)42-62-38-32-48(12-6)70-50(57)30-28-26-24-22-20-18-16-14-8-2/h9-10,45-48H,3-4,7-8,11-44,52-53H2,1-2,5-6H3,(H2,54,55,58). The van der Waals surface area contributed by atoms with Crippen LogP contribution in [0.1, 0.15) is 182 Å². The molecule has 6 atom stereocenters. The molecule has 424 valence electrons. The molecule has 0 rings (SSSR count). The summed E-state index contributed by atoms with van der Waals surface area (Å²) >= 11 is 0. The van der Waals surface area contributed by atoms with Crippen molar-refractivity contribution in [1.82, 2.24) is 10.6 Å². The van der Waals surface area contributed by atoms with Crippen molar-refractivity contribution in [1.29, 1.82) is 0 Å². The second-order valence-electron chi connectivity index (χ2n) is 17.9. The number of rotatable bonds is 54. The van der Waals surface area contributed by atoms with Crippen molar-refractivity contribution in [3.05, 3.63) is 25.3 Å². The number of hydrogen-bond acceptors (Lipinski definition) is 17. The number of hydrogen-bond donors (Lipinski definition) is 4. The predicted molar refractivity (Wildman–Crippen MR) is 284 cm³/mol. The fraction of sp³-hybridized carbons (Fsp3) is 0.863. The molecule has 6 unspecified atom stereocenters. The van der Waals surface area contributed by atoms with Gasteiger partial charge >= 0.3 is 33.6 Å². The minimum atomic E-state index is -4.10. The van der Waals surface area contributed by atoms with E-state index in [2.05, 4.69) is 37.6 Å². The number of nitrogens with one attached hydrogen (secondary N) is 2. The van der Waals surface area contributed by atoms with Crippen LogP contribution in [0.4, 0.5) is 4.79 Å². The Bertz CT molecular complexity index is 1350. The van der Waals surface area contributed by atoms with Crippen LogP contribution in [0.5, 0.6) is 0 Å². The highest BCUT2D eigenvalue weighted by Crippen LogP contribution is 2.50. The van der Waals surface area contributed by atoms with Crippen LogP contribution >= 0.6 is 15.6 Å². The summed E-state index contributed by atoms with van der Waals surface area (Å²) in [6, 6.07) is -1.96. The first kappa shape index (κ1) is 69.8. The maximum atomic E-state index is 13.2. The normalized spacial score (nSPS) is 14.9. The van der Waals surface area contributed by atoms with E-state index in [0.717, 1.165) is 38.5 Å². The third kappa shape index (κ3) is 43.0. The van der Waals surface area contributed by atoms with E-state index >= 15 is 0 Å². The van der Waals surface area contributed by atoms with Crippen LogP contribution in [0.25, 0.3) is 0 Å². The summed E-state index contributed by atoms with van der Waals surface area (Å²) in [5, 5.41) is 5.07. The summed E-state index contributed by atoms with van der Waals surface area (Å²) in [7, 11) is -8.20. The number of nitrogens with two attached hydrogens (primary N) is 2. The molecule has 0 bridgehead atoms. The molecule has 0 fully saturated rings. The van der Waals surface area contributed by atoms with Crippen LogP contribution in [0.15, 0.2) is 25.3 Å². The van der Waals surface area contributed by atoms with E-state index in [0.29, 0.717) is 51.7 Å². The summed E-state index contributed by atoms with van der Waals surface area (Å²) in [6.07, 6.45) is 26.7. The largest absolute Gasteiger partial charge is 0.475 e. The number of ether oxygens (including phenoxy) is 4. The Morgan fingerprint density at radius 2 is 0.833 bits per heavy atom. The molecule has 0 aromatic carbocycles. The molecule has 0 aromatic rings. The Hall–Kier alpha value is -2.25. The first-order valence-corrected chi connectivity index (χ1v) is 30.1. The lowest BCUT2D eigenvalue weighted by atomic mass is 10.1. The van der Waals surface area contributed by atoms with Gasteiger partial charge in [0.2, 0.25) is 0 Å². The lowest BCUT2D eigenvalue weighted by Crippen LogP contribution is -2.38. The highest BCUT2D eigenvalue weighted by molar-refractivity contribution is 7.48. The minimum absolute atomic E-state index is 0.0807. The van der Waals surface area contributed by atoms with Gasteiger partial charge < -0.3 is 41.0 Å². The van der Waals surface area contributed by atoms with Crippen LogP contribution in [0.2, 0.25) is 0 Å². The number of phosphoric ester groups is 2. The van der Waals surface area contributed by atoms with Gasteiger partial charge in [0, 0.05) is 38.8 Å². The zero-order valence-corrected chi connectivity index (χ0v) is 46.8. The van der Waals surface area contributed by atoms with E-state index in [1.54, 1.807) is 0 Å². The van der Waals surface area contributed by atoms with E-state index in [1.807, 2.05) is 13.8 Å². The van der Waals surface area contributed by atoms with Crippen molar-refractivity contribution in [2.75, 3.05) is 79.2 Å². The first-order chi connectivity index (χ1) is 34.8. The van der Waals surface area contributed by atoms with E-state index in [9.17, 15) is 23.5 Å². The van der Waals surface area contributed by atoms with Gasteiger partial charge in [-0.05, 0) is 25.7 Å². The Morgan fingerprint density at radius 3 is 1.17 bits per heavy atom. The molecule has 0 saturated heterocycles. The van der Waals surface area contributed by atoms with Gasteiger partial charge in [0.1, 0.15) is 12.2 Å². The van der Waals surface area contributed by atoms with Crippen LogP contribution in [-0.2, 0) is 64.8 Å². The highest BCUT2D eigenvalue weighted by Gasteiger charge is 2.29. The van der Waals surface area contributed by atoms with Crippen LogP contribution < -0.4 is 22.1 Å². The number of amides is 2. The summed E-state index contributed by atoms with van der Waals surface area (Å²) in [5.41, 5.74) is 12.3. The average molecular weight is 1070 g/mol. The number of urea groups is 1. The van der Waals surface area contributed by atoms with E-state index in [4.69, 9.17) is 57.6 Å². The smallest absolute Gasteiger partial charge is 0.462 e. The monoisotopic (exact) mass is 1070 g/mol. The molecule has 2 amide bonds. The molecule has 0 heterocycles. The van der Waals surface area contributed by atoms with Crippen molar-refractivity contribution in [2.24, 2.45) is 11.5 Å². The molecular formula is C51H100N4O15P2. The predicted octanol–water partition coefficient (Wildman–Crippen LogP) is 10.9. The third-order valence-corrected chi connectivity index (χ3v) is 14.0. The second-order valence-corrected chi connectivity index (χ2v) is 21.3. The van der Waals surface area contributed by atoms with Gasteiger partial charge in [-0.1, -0.05) is 143 Å². The number of carbonyl (C=O) groups excluding carboxylic acids is 3. The number of carbonyl (C=O) groups is 3. The number of phosphoric acid groups is 2. The van der Waals surface area contributed by atoms with Crippen molar-refractivity contribution >= 4 is 33.6 Å². The molecule has 0 saturated carbocycles. The van der Waals surface area contributed by atoms with Crippen LogP contribution in [0, 0.1) is 0 Å². The molecule has 0 aliphatic carbocycles. The quantitative estimate of drug-likeness (QED) is 0.0191. The Balaban J connectivity index is 4.45. The molecule has 0 aliphatic rings. The first-order valence-electron chi connectivity index (χ1n) is 27.1. The molecule has 19 nitrogen and oxygen atoms in total. The summed E-state index contributed by atoms with van der Waals surface area (Å²) in [5.74, 6) is -0.378. The number of esters is 2. The maximum absolute atomic E-state index is 13.2. The van der Waals surface area contributed by atoms with E-state index in [-0.39, 0.29) is 90.1 Å². The molecular weight excluding hydrogens is 971 g/mol. The fourth-order valence-corrected chi connectivity index (χ4v) is 9.33. The van der Waals surface area contributed by atoms with Crippen molar-refractivity contribution in [3.8, 4) is 0 Å². The van der Waals surface area contributed by atoms with Gasteiger partial charge in [-0.15, -0.1) is 13.2 Å². The van der Waals surface area contributed by atoms with Crippen LogP contribution in [0.3, 0.4) is 0 Å². The van der Waals surface area contributed by atoms with Gasteiger partial charge in [-0.2, -0.15) is 0 Å². The fourth-order valence-electron chi connectivity index (χ4n) is 6.93. The Labute approximate surface area is 434 Å². The van der Waals surface area contributed by atoms with E-state index < -0.39 is 33.8 Å². The molecule has 21 heteroatoms. The van der Waals surface area contributed by atoms with Gasteiger partial charge in [-0.3, -0.25) is 36.7 Å². The number of unbranched alkanes of at least 4 members (excludes halogenated alkanes) is 16. The van der Waals surface area contributed by atoms with Crippen molar-refractivity contribution in [2.45, 2.75) is 206 Å². The molecule has 72 heavy (non-hydrogen) atoms. The third-order valence-electron chi connectivity index (χ3n) is 11.2. The Morgan fingerprint density at radius 1 is 0.486 bits per heavy atom. The second kappa shape index (κ2) is 48.4. The lowest BCUT2D eigenvalue weighted by molar-refractivity contribution is -0.151. The molecule has 6 N–H and O–H groups in total. The summed E-state index contributed by atoms with van der Waals surface area (Å²) in [6.45, 7) is 14.9. The van der Waals surface area contributed by atoms with Gasteiger partial charge in [0.25, 0.3) is 0 Å². The van der Waals surface area contributed by atoms with Crippen molar-refractivity contribution in [3.63, 3.8) is 0 Å². The molecule has 0 aliphatic heterocycles. The van der Waals surface area contributed by atoms with E-state index in [1.165, 1.54) is 89.2 Å². The summed E-state index contributed by atoms with van der Waals surface area (Å²) < 4.78 is 81.4. The molecule has 0 radical (unpaired) electrons. The zero-order valence-electron chi connectivity index (χ0n) is 45.0. The van der Waals surface area contributed by atoms with Gasteiger partial charge in [0.05, 0.1) is 78.2 Å². The summed E-state index contributed by atoms with van der Waals surface area (Å²) in [4.78, 5) is 37.2. The average Bonchev–Trinajstić information content (AvgIpc) is 3.37. The van der Waals surface area contributed by atoms with Gasteiger partial charge in [0.15, 0.2) is 0 Å².